The van der Waals surface area contributed by atoms with Gasteiger partial charge in [-0.25, -0.2) is 0 Å². The summed E-state index contributed by atoms with van der Waals surface area (Å²) in [6, 6.07) is 9.78. The van der Waals surface area contributed by atoms with Gasteiger partial charge in [0.15, 0.2) is 0 Å². The number of amides is 1. The van der Waals surface area contributed by atoms with E-state index in [0.717, 1.165) is 25.2 Å². The number of benzene rings is 1. The van der Waals surface area contributed by atoms with E-state index in [2.05, 4.69) is 5.32 Å². The van der Waals surface area contributed by atoms with Gasteiger partial charge in [0, 0.05) is 19.3 Å². The summed E-state index contributed by atoms with van der Waals surface area (Å²) in [6.45, 7) is 1.77. The van der Waals surface area contributed by atoms with Crippen molar-refractivity contribution >= 4 is 11.6 Å². The van der Waals surface area contributed by atoms with Crippen molar-refractivity contribution in [1.29, 1.82) is 0 Å². The molecule has 0 radical (unpaired) electrons. The Morgan fingerprint density at radius 3 is 2.73 bits per heavy atom. The highest BCUT2D eigenvalue weighted by molar-refractivity contribution is 5.94. The zero-order chi connectivity index (χ0) is 10.7. The minimum absolute atomic E-state index is 0.148. The molecule has 0 saturated carbocycles. The van der Waals surface area contributed by atoms with E-state index in [1.54, 1.807) is 4.90 Å². The van der Waals surface area contributed by atoms with Gasteiger partial charge in [-0.15, -0.1) is 0 Å². The van der Waals surface area contributed by atoms with Gasteiger partial charge in [-0.3, -0.25) is 4.79 Å². The lowest BCUT2D eigenvalue weighted by Gasteiger charge is -2.20. The Kier molecular flexibility index (Phi) is 3.02. The molecule has 1 aliphatic rings. The predicted octanol–water partition coefficient (Wildman–Crippen LogP) is 1.26. The van der Waals surface area contributed by atoms with Crippen LogP contribution in [0.1, 0.15) is 6.42 Å². The van der Waals surface area contributed by atoms with Crippen molar-refractivity contribution in [2.24, 2.45) is 5.92 Å². The molecule has 0 bridgehead atoms. The van der Waals surface area contributed by atoms with Crippen LogP contribution >= 0.6 is 0 Å². The van der Waals surface area contributed by atoms with Crippen LogP contribution < -0.4 is 10.2 Å². The van der Waals surface area contributed by atoms with Gasteiger partial charge in [0.2, 0.25) is 5.91 Å². The molecular weight excluding hydrogens is 188 g/mol. The second kappa shape index (κ2) is 4.45. The predicted molar refractivity (Wildman–Crippen MR) is 60.8 cm³/mol. The number of hydrogen-bond acceptors (Lipinski definition) is 2. The fourth-order valence-electron chi connectivity index (χ4n) is 1.92. The van der Waals surface area contributed by atoms with E-state index < -0.39 is 0 Å². The summed E-state index contributed by atoms with van der Waals surface area (Å²) < 4.78 is 0. The monoisotopic (exact) mass is 204 g/mol. The topological polar surface area (TPSA) is 32.3 Å². The van der Waals surface area contributed by atoms with Crippen LogP contribution in [0.15, 0.2) is 30.3 Å². The molecule has 1 aromatic carbocycles. The number of para-hydroxylation sites is 1. The van der Waals surface area contributed by atoms with Crippen molar-refractivity contribution in [3.8, 4) is 0 Å². The Bertz CT molecular complexity index is 331. The lowest BCUT2D eigenvalue weighted by molar-refractivity contribution is -0.121. The van der Waals surface area contributed by atoms with Crippen LogP contribution in [0.4, 0.5) is 5.69 Å². The van der Waals surface area contributed by atoms with Crippen LogP contribution in [0.2, 0.25) is 0 Å². The minimum Gasteiger partial charge on any atom is -0.316 e. The molecule has 0 unspecified atom stereocenters. The van der Waals surface area contributed by atoms with E-state index in [4.69, 9.17) is 0 Å². The zero-order valence-corrected chi connectivity index (χ0v) is 8.94. The van der Waals surface area contributed by atoms with Crippen molar-refractivity contribution in [1.82, 2.24) is 5.32 Å². The SMILES string of the molecule is CN(C(=O)[C@H]1CCNC1)c1ccccc1. The quantitative estimate of drug-likeness (QED) is 0.786. The van der Waals surface area contributed by atoms with Crippen LogP contribution in [-0.2, 0) is 4.79 Å². The van der Waals surface area contributed by atoms with Crippen LogP contribution in [0.3, 0.4) is 0 Å². The fourth-order valence-corrected chi connectivity index (χ4v) is 1.92. The highest BCUT2D eigenvalue weighted by Crippen LogP contribution is 2.17. The Morgan fingerprint density at radius 1 is 1.40 bits per heavy atom. The summed E-state index contributed by atoms with van der Waals surface area (Å²) in [4.78, 5) is 13.8. The number of rotatable bonds is 2. The Morgan fingerprint density at radius 2 is 2.13 bits per heavy atom. The number of anilines is 1. The van der Waals surface area contributed by atoms with Crippen LogP contribution in [0.5, 0.6) is 0 Å². The molecular formula is C12H16N2O. The Labute approximate surface area is 90.1 Å². The number of nitrogens with one attached hydrogen (secondary N) is 1. The third-order valence-electron chi connectivity index (χ3n) is 2.88. The van der Waals surface area contributed by atoms with Crippen molar-refractivity contribution in [2.45, 2.75) is 6.42 Å². The van der Waals surface area contributed by atoms with Crippen molar-refractivity contribution in [3.05, 3.63) is 30.3 Å². The molecule has 1 heterocycles. The van der Waals surface area contributed by atoms with E-state index in [9.17, 15) is 4.79 Å². The maximum Gasteiger partial charge on any atom is 0.231 e. The molecule has 1 fully saturated rings. The Hall–Kier alpha value is -1.35. The smallest absolute Gasteiger partial charge is 0.231 e. The van der Waals surface area contributed by atoms with E-state index >= 15 is 0 Å². The molecule has 1 N–H and O–H groups in total. The molecule has 1 amide bonds. The highest BCUT2D eigenvalue weighted by atomic mass is 16.2. The van der Waals surface area contributed by atoms with E-state index in [-0.39, 0.29) is 11.8 Å². The molecule has 0 aromatic heterocycles. The van der Waals surface area contributed by atoms with Gasteiger partial charge in [0.1, 0.15) is 0 Å². The summed E-state index contributed by atoms with van der Waals surface area (Å²) in [6.07, 6.45) is 0.954. The van der Waals surface area contributed by atoms with Gasteiger partial charge >= 0.3 is 0 Å². The van der Waals surface area contributed by atoms with Crippen molar-refractivity contribution in [2.75, 3.05) is 25.0 Å². The first-order valence-electron chi connectivity index (χ1n) is 5.32. The van der Waals surface area contributed by atoms with E-state index in [1.807, 2.05) is 37.4 Å². The van der Waals surface area contributed by atoms with Crippen LogP contribution in [0, 0.1) is 5.92 Å². The first-order valence-corrected chi connectivity index (χ1v) is 5.32. The summed E-state index contributed by atoms with van der Waals surface area (Å²) in [5.41, 5.74) is 0.967. The highest BCUT2D eigenvalue weighted by Gasteiger charge is 2.25. The molecule has 1 aliphatic heterocycles. The molecule has 0 aliphatic carbocycles. The molecule has 80 valence electrons. The average Bonchev–Trinajstić information content (AvgIpc) is 2.82. The number of carbonyl (C=O) groups excluding carboxylic acids is 1. The first kappa shape index (κ1) is 10.2. The van der Waals surface area contributed by atoms with Gasteiger partial charge in [0.05, 0.1) is 5.92 Å². The van der Waals surface area contributed by atoms with Crippen molar-refractivity contribution < 1.29 is 4.79 Å². The lowest BCUT2D eigenvalue weighted by Crippen LogP contribution is -2.33. The van der Waals surface area contributed by atoms with E-state index in [0.29, 0.717) is 0 Å². The number of nitrogens with zero attached hydrogens (tertiary/aromatic N) is 1. The van der Waals surface area contributed by atoms with Gasteiger partial charge in [0.25, 0.3) is 0 Å². The maximum atomic E-state index is 12.0. The molecule has 2 rings (SSSR count). The van der Waals surface area contributed by atoms with Crippen LogP contribution in [-0.4, -0.2) is 26.0 Å². The molecule has 3 nitrogen and oxygen atoms in total. The van der Waals surface area contributed by atoms with Crippen molar-refractivity contribution in [3.63, 3.8) is 0 Å². The fraction of sp³-hybridized carbons (Fsp3) is 0.417. The zero-order valence-electron chi connectivity index (χ0n) is 8.94. The van der Waals surface area contributed by atoms with E-state index in [1.165, 1.54) is 0 Å². The van der Waals surface area contributed by atoms with Gasteiger partial charge in [-0.05, 0) is 25.1 Å². The summed E-state index contributed by atoms with van der Waals surface area (Å²) in [5, 5.41) is 3.21. The molecule has 1 saturated heterocycles. The summed E-state index contributed by atoms with van der Waals surface area (Å²) in [7, 11) is 1.84. The normalized spacial score (nSPS) is 20.2. The third-order valence-corrected chi connectivity index (χ3v) is 2.88. The van der Waals surface area contributed by atoms with Gasteiger partial charge in [-0.2, -0.15) is 0 Å². The standard InChI is InChI=1S/C12H16N2O/c1-14(11-5-3-2-4-6-11)12(15)10-7-8-13-9-10/h2-6,10,13H,7-9H2,1H3/t10-/m0/s1. The summed E-state index contributed by atoms with van der Waals surface area (Å²) in [5.74, 6) is 0.362. The molecule has 1 atom stereocenters. The minimum atomic E-state index is 0.148. The second-order valence-electron chi connectivity index (χ2n) is 3.92. The first-order chi connectivity index (χ1) is 7.29. The third kappa shape index (κ3) is 2.18. The summed E-state index contributed by atoms with van der Waals surface area (Å²) >= 11 is 0. The molecule has 1 aromatic rings. The van der Waals surface area contributed by atoms with Crippen LogP contribution in [0.25, 0.3) is 0 Å². The largest absolute Gasteiger partial charge is 0.316 e. The number of carbonyl (C=O) groups is 1. The molecule has 0 spiro atoms. The maximum absolute atomic E-state index is 12.0. The molecule has 15 heavy (non-hydrogen) atoms. The molecule has 3 heteroatoms. The number of hydrogen-bond donors (Lipinski definition) is 1. The van der Waals surface area contributed by atoms with Gasteiger partial charge in [-0.1, -0.05) is 18.2 Å². The lowest BCUT2D eigenvalue weighted by atomic mass is 10.1. The van der Waals surface area contributed by atoms with Gasteiger partial charge < -0.3 is 10.2 Å². The average molecular weight is 204 g/mol. The second-order valence-corrected chi connectivity index (χ2v) is 3.92. The Balaban J connectivity index is 2.07.